The van der Waals surface area contributed by atoms with Gasteiger partial charge in [0.1, 0.15) is 11.4 Å². The van der Waals surface area contributed by atoms with Gasteiger partial charge < -0.3 is 18.8 Å². The van der Waals surface area contributed by atoms with Gasteiger partial charge >= 0.3 is 5.97 Å². The Morgan fingerprint density at radius 1 is 1.10 bits per heavy atom. The molecule has 1 saturated carbocycles. The molecule has 1 amide bonds. The normalized spacial score (nSPS) is 29.7. The molecular formula is C40H54N2O7Si. The molecule has 2 fully saturated rings. The summed E-state index contributed by atoms with van der Waals surface area (Å²) in [5.41, 5.74) is -0.252. The van der Waals surface area contributed by atoms with Crippen molar-refractivity contribution in [1.29, 1.82) is 0 Å². The summed E-state index contributed by atoms with van der Waals surface area (Å²) in [6.45, 7) is 16.8. The molecule has 10 heteroatoms. The van der Waals surface area contributed by atoms with E-state index in [4.69, 9.17) is 18.9 Å². The Hall–Kier alpha value is -3.53. The van der Waals surface area contributed by atoms with Gasteiger partial charge in [-0.1, -0.05) is 52.7 Å². The fourth-order valence-electron chi connectivity index (χ4n) is 7.92. The molecular weight excluding hydrogens is 649 g/mol. The minimum absolute atomic E-state index is 0.00194. The van der Waals surface area contributed by atoms with Crippen molar-refractivity contribution < 1.29 is 33.1 Å². The Balaban J connectivity index is 1.35. The van der Waals surface area contributed by atoms with Crippen LogP contribution in [0.25, 0.3) is 10.9 Å². The van der Waals surface area contributed by atoms with E-state index < -0.39 is 25.4 Å². The van der Waals surface area contributed by atoms with Crippen LogP contribution in [0.4, 0.5) is 0 Å². The van der Waals surface area contributed by atoms with Crippen molar-refractivity contribution in [3.8, 4) is 11.5 Å². The van der Waals surface area contributed by atoms with E-state index in [-0.39, 0.29) is 72.7 Å². The first-order chi connectivity index (χ1) is 23.5. The van der Waals surface area contributed by atoms with E-state index in [1.54, 1.807) is 11.8 Å². The Kier molecular flexibility index (Phi) is 9.59. The molecule has 3 aliphatic heterocycles. The van der Waals surface area contributed by atoms with E-state index in [0.29, 0.717) is 40.1 Å². The number of nitrogens with zero attached hydrogens (tertiary/aromatic N) is 2. The molecule has 4 heterocycles. The minimum Gasteiger partial charge on any atom is -0.543 e. The summed E-state index contributed by atoms with van der Waals surface area (Å²) in [6.07, 6.45) is 9.51. The SMILES string of the molecule is CCOC(=O)C12CC(=O)[C@@H]3CC4(CC(=O)c5c(c(C)nc6ccc(O[Si](C)(C)C(C)(C)C)cc56)O4)CN3C(=O)[C@@H](C)CCCCC/C=C\[C@@H]1C2. The second kappa shape index (κ2) is 13.2. The van der Waals surface area contributed by atoms with E-state index in [2.05, 4.69) is 46.0 Å². The summed E-state index contributed by atoms with van der Waals surface area (Å²) in [5.74, 6) is 0.0207. The van der Waals surface area contributed by atoms with E-state index in [9.17, 15) is 19.2 Å². The van der Waals surface area contributed by atoms with Gasteiger partial charge in [0.15, 0.2) is 17.3 Å². The summed E-state index contributed by atoms with van der Waals surface area (Å²) < 4.78 is 18.9. The third-order valence-electron chi connectivity index (χ3n) is 12.0. The van der Waals surface area contributed by atoms with Crippen molar-refractivity contribution in [2.24, 2.45) is 17.3 Å². The van der Waals surface area contributed by atoms with Gasteiger partial charge in [-0.15, -0.1) is 0 Å². The standard InChI is InChI=1S/C40H54N2O7Si/c1-9-47-37(46)40-20-27(40)16-14-12-10-11-13-15-25(2)36(45)42-24-39(21-31(42)32(43)23-40)22-33(44)34-29-19-28(49-50(7,8)38(4,5)6)17-18-30(29)41-26(3)35(34)48-39/h14,16-19,25,27,31H,9-13,15,20-24H2,1-8H3/b16-14-/t25-,27+,31-,39?,40?/m0/s1. The number of aromatic nitrogens is 1. The first-order valence-electron chi connectivity index (χ1n) is 18.5. The number of benzene rings is 1. The average molecular weight is 703 g/mol. The molecule has 0 bridgehead atoms. The van der Waals surface area contributed by atoms with Gasteiger partial charge in [-0.05, 0) is 81.8 Å². The number of carbonyl (C=O) groups is 4. The number of ether oxygens (including phenoxy) is 2. The lowest BCUT2D eigenvalue weighted by atomic mass is 9.84. The zero-order valence-electron chi connectivity index (χ0n) is 31.1. The smallest absolute Gasteiger partial charge is 0.313 e. The van der Waals surface area contributed by atoms with E-state index in [1.807, 2.05) is 32.0 Å². The van der Waals surface area contributed by atoms with Crippen LogP contribution in [0.15, 0.2) is 30.4 Å². The van der Waals surface area contributed by atoms with Crippen LogP contribution in [0.1, 0.15) is 108 Å². The number of allylic oxidation sites excluding steroid dienone is 2. The number of esters is 1. The number of fused-ring (bicyclic) bond motifs is 5. The highest BCUT2D eigenvalue weighted by Gasteiger charge is 2.63. The molecule has 0 N–H and O–H groups in total. The zero-order chi connectivity index (χ0) is 36.2. The third-order valence-corrected chi connectivity index (χ3v) is 16.4. The number of amides is 1. The van der Waals surface area contributed by atoms with Crippen molar-refractivity contribution in [2.75, 3.05) is 13.2 Å². The quantitative estimate of drug-likeness (QED) is 0.180. The highest BCUT2D eigenvalue weighted by atomic mass is 28.4. The molecule has 2 aromatic rings. The molecule has 6 rings (SSSR count). The number of aryl methyl sites for hydroxylation is 1. The van der Waals surface area contributed by atoms with Crippen LogP contribution in [-0.4, -0.2) is 66.4 Å². The van der Waals surface area contributed by atoms with Gasteiger partial charge in [-0.3, -0.25) is 19.2 Å². The lowest BCUT2D eigenvalue weighted by Crippen LogP contribution is -2.47. The number of hydrogen-bond donors (Lipinski definition) is 0. The van der Waals surface area contributed by atoms with Crippen molar-refractivity contribution in [1.82, 2.24) is 9.88 Å². The van der Waals surface area contributed by atoms with Gasteiger partial charge in [-0.2, -0.15) is 0 Å². The molecule has 0 radical (unpaired) electrons. The number of pyridine rings is 1. The van der Waals surface area contributed by atoms with Crippen LogP contribution >= 0.6 is 0 Å². The first-order valence-corrected chi connectivity index (χ1v) is 21.4. The fraction of sp³-hybridized carbons (Fsp3) is 0.625. The van der Waals surface area contributed by atoms with Gasteiger partial charge in [-0.25, -0.2) is 4.98 Å². The summed E-state index contributed by atoms with van der Waals surface area (Å²) >= 11 is 0. The fourth-order valence-corrected chi connectivity index (χ4v) is 8.94. The molecule has 2 unspecified atom stereocenters. The maximum absolute atomic E-state index is 14.4. The molecule has 1 spiro atoms. The van der Waals surface area contributed by atoms with Crippen LogP contribution in [0.2, 0.25) is 18.1 Å². The summed E-state index contributed by atoms with van der Waals surface area (Å²) in [6, 6.07) is 4.91. The van der Waals surface area contributed by atoms with Crippen LogP contribution in [0.3, 0.4) is 0 Å². The monoisotopic (exact) mass is 702 g/mol. The molecule has 9 nitrogen and oxygen atoms in total. The largest absolute Gasteiger partial charge is 0.543 e. The van der Waals surface area contributed by atoms with Crippen LogP contribution in [0.5, 0.6) is 11.5 Å². The van der Waals surface area contributed by atoms with Crippen LogP contribution in [-0.2, 0) is 19.1 Å². The number of rotatable bonds is 4. The van der Waals surface area contributed by atoms with E-state index >= 15 is 0 Å². The Bertz CT molecular complexity index is 1740. The topological polar surface area (TPSA) is 112 Å². The number of carbonyl (C=O) groups excluding carboxylic acids is 4. The van der Waals surface area contributed by atoms with Crippen molar-refractivity contribution in [3.05, 3.63) is 41.6 Å². The molecule has 1 saturated heterocycles. The molecule has 1 aromatic heterocycles. The number of ketones is 2. The molecule has 4 aliphatic rings. The predicted molar refractivity (Wildman–Crippen MR) is 195 cm³/mol. The Morgan fingerprint density at radius 2 is 1.86 bits per heavy atom. The predicted octanol–water partition coefficient (Wildman–Crippen LogP) is 7.92. The van der Waals surface area contributed by atoms with Gasteiger partial charge in [0.25, 0.3) is 0 Å². The summed E-state index contributed by atoms with van der Waals surface area (Å²) in [5, 5.41) is 0.678. The number of Topliss-reactive ketones (excluding diaryl/α,β-unsaturated/α-hetero) is 2. The van der Waals surface area contributed by atoms with Crippen molar-refractivity contribution in [3.63, 3.8) is 0 Å². The second-order valence-corrected chi connectivity index (χ2v) is 21.5. The van der Waals surface area contributed by atoms with Crippen molar-refractivity contribution >= 4 is 42.7 Å². The molecule has 270 valence electrons. The van der Waals surface area contributed by atoms with Crippen LogP contribution in [0, 0.1) is 24.2 Å². The van der Waals surface area contributed by atoms with E-state index in [1.165, 1.54) is 0 Å². The lowest BCUT2D eigenvalue weighted by Gasteiger charge is -2.37. The first kappa shape index (κ1) is 36.3. The van der Waals surface area contributed by atoms with Crippen LogP contribution < -0.4 is 9.16 Å². The molecule has 50 heavy (non-hydrogen) atoms. The number of hydrogen-bond acceptors (Lipinski definition) is 8. The molecule has 5 atom stereocenters. The highest BCUT2D eigenvalue weighted by molar-refractivity contribution is 6.74. The Morgan fingerprint density at radius 3 is 2.58 bits per heavy atom. The summed E-state index contributed by atoms with van der Waals surface area (Å²) in [4.78, 5) is 62.6. The third kappa shape index (κ3) is 6.64. The van der Waals surface area contributed by atoms with E-state index in [0.717, 1.165) is 32.1 Å². The van der Waals surface area contributed by atoms with Crippen molar-refractivity contribution in [2.45, 2.75) is 129 Å². The minimum atomic E-state index is -2.15. The molecule has 1 aromatic carbocycles. The van der Waals surface area contributed by atoms with Gasteiger partial charge in [0.05, 0.1) is 47.8 Å². The average Bonchev–Trinajstić information content (AvgIpc) is 3.61. The zero-order valence-corrected chi connectivity index (χ0v) is 32.1. The van der Waals surface area contributed by atoms with Gasteiger partial charge in [0, 0.05) is 24.1 Å². The lowest BCUT2D eigenvalue weighted by molar-refractivity contribution is -0.152. The highest BCUT2D eigenvalue weighted by Crippen LogP contribution is 2.58. The maximum atomic E-state index is 14.4. The Labute approximate surface area is 297 Å². The molecule has 1 aliphatic carbocycles. The summed E-state index contributed by atoms with van der Waals surface area (Å²) in [7, 11) is -2.15. The second-order valence-electron chi connectivity index (χ2n) is 16.8. The maximum Gasteiger partial charge on any atom is 0.313 e. The van der Waals surface area contributed by atoms with Gasteiger partial charge in [0.2, 0.25) is 14.2 Å².